The topological polar surface area (TPSA) is 142 Å². The van der Waals surface area contributed by atoms with Crippen LogP contribution < -0.4 is 14.8 Å². The van der Waals surface area contributed by atoms with Crippen molar-refractivity contribution in [1.82, 2.24) is 15.2 Å². The molecule has 2 heterocycles. The van der Waals surface area contributed by atoms with Crippen molar-refractivity contribution in [2.45, 2.75) is 66.5 Å². The van der Waals surface area contributed by atoms with E-state index >= 15 is 0 Å². The summed E-state index contributed by atoms with van der Waals surface area (Å²) in [7, 11) is 1.43. The molecule has 0 bridgehead atoms. The van der Waals surface area contributed by atoms with Gasteiger partial charge >= 0.3 is 5.97 Å². The van der Waals surface area contributed by atoms with Crippen LogP contribution in [0.15, 0.2) is 12.1 Å². The first-order valence-electron chi connectivity index (χ1n) is 12.5. The number of amides is 1. The first-order valence-corrected chi connectivity index (χ1v) is 12.5. The number of methoxy groups -OCH3 is 1. The van der Waals surface area contributed by atoms with E-state index in [1.54, 1.807) is 11.0 Å². The minimum atomic E-state index is -1.18. The number of carbonyl (C=O) groups is 3. The van der Waals surface area contributed by atoms with E-state index in [9.17, 15) is 19.5 Å². The van der Waals surface area contributed by atoms with Crippen LogP contribution in [0.3, 0.4) is 0 Å². The highest BCUT2D eigenvalue weighted by Gasteiger charge is 2.33. The lowest BCUT2D eigenvalue weighted by atomic mass is 9.83. The Bertz CT molecular complexity index is 1310. The highest BCUT2D eigenvalue weighted by molar-refractivity contribution is 6.07. The van der Waals surface area contributed by atoms with E-state index in [-0.39, 0.29) is 35.0 Å². The fourth-order valence-corrected chi connectivity index (χ4v) is 4.51. The number of carboxylic acid groups (broad SMARTS) is 1. The van der Waals surface area contributed by atoms with E-state index in [1.807, 2.05) is 41.5 Å². The lowest BCUT2D eigenvalue weighted by molar-refractivity contribution is -0.138. The van der Waals surface area contributed by atoms with Gasteiger partial charge in [0, 0.05) is 28.8 Å². The molecule has 0 fully saturated rings. The quantitative estimate of drug-likeness (QED) is 0.422. The number of rotatable bonds is 9. The number of ether oxygens (including phenoxy) is 2. The second kappa shape index (κ2) is 10.8. The number of aromatic nitrogens is 1. The zero-order valence-electron chi connectivity index (χ0n) is 23.2. The second-order valence-corrected chi connectivity index (χ2v) is 10.4. The molecule has 2 aromatic rings. The molecule has 0 saturated carbocycles. The van der Waals surface area contributed by atoms with Crippen molar-refractivity contribution in [2.75, 3.05) is 20.3 Å². The number of fused-ring (bicyclic) bond motifs is 1. The lowest BCUT2D eigenvalue weighted by Crippen LogP contribution is -2.38. The Morgan fingerprint density at radius 2 is 1.87 bits per heavy atom. The Morgan fingerprint density at radius 1 is 1.21 bits per heavy atom. The van der Waals surface area contributed by atoms with Crippen molar-refractivity contribution in [2.24, 2.45) is 0 Å². The van der Waals surface area contributed by atoms with Gasteiger partial charge in [0.1, 0.15) is 29.1 Å². The van der Waals surface area contributed by atoms with Crippen LogP contribution in [-0.4, -0.2) is 64.8 Å². The molecule has 3 rings (SSSR count). The molecule has 0 aliphatic carbocycles. The smallest absolute Gasteiger partial charge is 0.325 e. The molecule has 1 aliphatic rings. The van der Waals surface area contributed by atoms with E-state index in [2.05, 4.69) is 10.3 Å². The van der Waals surface area contributed by atoms with E-state index < -0.39 is 23.3 Å². The van der Waals surface area contributed by atoms with Crippen LogP contribution in [-0.2, 0) is 16.8 Å². The molecule has 1 atom stereocenters. The summed E-state index contributed by atoms with van der Waals surface area (Å²) in [6.07, 6.45) is 0. The zero-order chi connectivity index (χ0) is 28.5. The average Bonchev–Trinajstić information content (AvgIpc) is 3.15. The number of ketones is 1. The predicted octanol–water partition coefficient (Wildman–Crippen LogP) is 3.63. The fourth-order valence-electron chi connectivity index (χ4n) is 4.51. The van der Waals surface area contributed by atoms with Crippen molar-refractivity contribution in [1.29, 1.82) is 5.41 Å². The molecule has 3 N–H and O–H groups in total. The van der Waals surface area contributed by atoms with Crippen molar-refractivity contribution in [3.05, 3.63) is 51.3 Å². The SMILES string of the molecule is CCOc1c(C)nc2c(c1C)CN(CC(=O)c1cc(C(=O)NC(C)C(=O)O)c(OC)c(C(C)(C)C)c1)C2=N. The number of hydrogen-bond donors (Lipinski definition) is 3. The molecule has 0 radical (unpaired) electrons. The van der Waals surface area contributed by atoms with Crippen LogP contribution in [0.25, 0.3) is 0 Å². The van der Waals surface area contributed by atoms with Gasteiger partial charge in [0.05, 0.1) is 31.5 Å². The maximum Gasteiger partial charge on any atom is 0.325 e. The van der Waals surface area contributed by atoms with Crippen molar-refractivity contribution >= 4 is 23.5 Å². The molecule has 1 aliphatic heterocycles. The first-order chi connectivity index (χ1) is 17.7. The molecular formula is C28H36N4O6. The maximum absolute atomic E-state index is 13.6. The number of amidine groups is 1. The van der Waals surface area contributed by atoms with Crippen LogP contribution in [0.1, 0.15) is 83.4 Å². The summed E-state index contributed by atoms with van der Waals surface area (Å²) in [5.74, 6) is -1.00. The minimum absolute atomic E-state index is 0.0747. The average molecular weight is 525 g/mol. The van der Waals surface area contributed by atoms with E-state index in [4.69, 9.17) is 14.9 Å². The lowest BCUT2D eigenvalue weighted by Gasteiger charge is -2.25. The molecule has 38 heavy (non-hydrogen) atoms. The van der Waals surface area contributed by atoms with Crippen LogP contribution in [0.2, 0.25) is 0 Å². The van der Waals surface area contributed by atoms with Gasteiger partial charge in [0.15, 0.2) is 5.78 Å². The molecule has 0 saturated heterocycles. The highest BCUT2D eigenvalue weighted by atomic mass is 16.5. The summed E-state index contributed by atoms with van der Waals surface area (Å²) in [5, 5.41) is 20.3. The maximum atomic E-state index is 13.6. The van der Waals surface area contributed by atoms with Gasteiger partial charge in [-0.2, -0.15) is 0 Å². The van der Waals surface area contributed by atoms with Crippen LogP contribution >= 0.6 is 0 Å². The third kappa shape index (κ3) is 5.49. The molecule has 1 unspecified atom stereocenters. The minimum Gasteiger partial charge on any atom is -0.496 e. The predicted molar refractivity (Wildman–Crippen MR) is 143 cm³/mol. The first kappa shape index (κ1) is 28.6. The Kier molecular flexibility index (Phi) is 8.14. The number of aliphatic carboxylic acids is 1. The van der Waals surface area contributed by atoms with Crippen molar-refractivity contribution in [3.63, 3.8) is 0 Å². The third-order valence-corrected chi connectivity index (χ3v) is 6.59. The molecule has 204 valence electrons. The van der Waals surface area contributed by atoms with Crippen molar-refractivity contribution < 1.29 is 29.0 Å². The summed E-state index contributed by atoms with van der Waals surface area (Å²) < 4.78 is 11.3. The molecular weight excluding hydrogens is 488 g/mol. The molecule has 1 aromatic heterocycles. The summed E-state index contributed by atoms with van der Waals surface area (Å²) in [4.78, 5) is 44.1. The monoisotopic (exact) mass is 524 g/mol. The number of carbonyl (C=O) groups excluding carboxylic acids is 2. The van der Waals surface area contributed by atoms with E-state index in [0.29, 0.717) is 35.9 Å². The number of pyridine rings is 1. The van der Waals surface area contributed by atoms with Gasteiger partial charge in [0.2, 0.25) is 0 Å². The van der Waals surface area contributed by atoms with Gasteiger partial charge in [-0.25, -0.2) is 4.98 Å². The Hall–Kier alpha value is -3.95. The van der Waals surface area contributed by atoms with Crippen LogP contribution in [0, 0.1) is 19.3 Å². The van der Waals surface area contributed by atoms with Crippen molar-refractivity contribution in [3.8, 4) is 11.5 Å². The molecule has 0 spiro atoms. The standard InChI is InChI=1S/C28H36N4O6/c1-9-38-23-14(2)19-12-32(25(29)22(19)30-15(23)3)13-21(33)17-10-18(26(34)31-16(4)27(35)36)24(37-8)20(11-17)28(5,6)7/h10-11,16,29H,9,12-13H2,1-8H3,(H,31,34)(H,35,36). The largest absolute Gasteiger partial charge is 0.496 e. The number of nitrogens with one attached hydrogen (secondary N) is 2. The number of Topliss-reactive ketones (excluding diaryl/α,β-unsaturated/α-hetero) is 1. The Balaban J connectivity index is 1.99. The number of benzene rings is 1. The molecule has 10 nitrogen and oxygen atoms in total. The van der Waals surface area contributed by atoms with E-state index in [1.165, 1.54) is 20.1 Å². The highest BCUT2D eigenvalue weighted by Crippen LogP contribution is 2.36. The van der Waals surface area contributed by atoms with Gasteiger partial charge in [-0.1, -0.05) is 20.8 Å². The van der Waals surface area contributed by atoms with Gasteiger partial charge < -0.3 is 24.8 Å². The third-order valence-electron chi connectivity index (χ3n) is 6.59. The van der Waals surface area contributed by atoms with E-state index in [0.717, 1.165) is 11.1 Å². The van der Waals surface area contributed by atoms with Crippen LogP contribution in [0.4, 0.5) is 0 Å². The van der Waals surface area contributed by atoms with Gasteiger partial charge in [-0.05, 0) is 45.2 Å². The fraction of sp³-hybridized carbons (Fsp3) is 0.464. The number of carboxylic acids is 1. The Morgan fingerprint density at radius 3 is 2.42 bits per heavy atom. The number of aryl methyl sites for hydroxylation is 1. The van der Waals surface area contributed by atoms with Gasteiger partial charge in [0.25, 0.3) is 5.91 Å². The molecule has 10 heteroatoms. The Labute approximate surface area is 222 Å². The second-order valence-electron chi connectivity index (χ2n) is 10.4. The summed E-state index contributed by atoms with van der Waals surface area (Å²) in [6.45, 7) is 13.6. The number of hydrogen-bond acceptors (Lipinski definition) is 7. The molecule has 1 amide bonds. The summed E-state index contributed by atoms with van der Waals surface area (Å²) in [6, 6.07) is 1.99. The molecule has 1 aromatic carbocycles. The number of nitrogens with zero attached hydrogens (tertiary/aromatic N) is 2. The normalized spacial score (nSPS) is 13.7. The van der Waals surface area contributed by atoms with Gasteiger partial charge in [-0.3, -0.25) is 19.8 Å². The zero-order valence-corrected chi connectivity index (χ0v) is 23.2. The van der Waals surface area contributed by atoms with Gasteiger partial charge in [-0.15, -0.1) is 0 Å². The summed E-state index contributed by atoms with van der Waals surface area (Å²) in [5.41, 5.74) is 3.47. The summed E-state index contributed by atoms with van der Waals surface area (Å²) >= 11 is 0. The van der Waals surface area contributed by atoms with Crippen LogP contribution in [0.5, 0.6) is 11.5 Å².